The first kappa shape index (κ1) is 19.0. The summed E-state index contributed by atoms with van der Waals surface area (Å²) in [5.41, 5.74) is 1.11. The number of rotatable bonds is 10. The quantitative estimate of drug-likeness (QED) is 0.267. The van der Waals surface area contributed by atoms with E-state index < -0.39 is 14.4 Å². The standard InChI is InChI=1S/C12H23N2O5P/c1-6-11(10(4)14(15)16)9-12(13-17-5)20(18-7-2)19-8-3/h9-10H,6-8H2,1-5H3/b11-9+,13-12-. The highest BCUT2D eigenvalue weighted by Crippen LogP contribution is 2.41. The van der Waals surface area contributed by atoms with Crippen molar-refractivity contribution in [3.63, 3.8) is 0 Å². The van der Waals surface area contributed by atoms with E-state index in [-0.39, 0.29) is 4.92 Å². The summed E-state index contributed by atoms with van der Waals surface area (Å²) in [6.07, 6.45) is 2.19. The fourth-order valence-corrected chi connectivity index (χ4v) is 2.66. The number of nitro groups is 1. The van der Waals surface area contributed by atoms with Crippen LogP contribution in [-0.4, -0.2) is 36.7 Å². The average molecular weight is 306 g/mol. The highest BCUT2D eigenvalue weighted by Gasteiger charge is 2.23. The molecule has 1 atom stereocenters. The van der Waals surface area contributed by atoms with Crippen LogP contribution in [0.25, 0.3) is 0 Å². The lowest BCUT2D eigenvalue weighted by Gasteiger charge is -2.16. The molecule has 1 unspecified atom stereocenters. The summed E-state index contributed by atoms with van der Waals surface area (Å²) >= 11 is 0. The molecule has 0 aliphatic heterocycles. The minimum atomic E-state index is -1.39. The number of allylic oxidation sites excluding steroid dienone is 1. The highest BCUT2D eigenvalue weighted by atomic mass is 31.2. The number of hydrogen-bond acceptors (Lipinski definition) is 6. The van der Waals surface area contributed by atoms with E-state index in [1.165, 1.54) is 7.11 Å². The molecule has 0 saturated carbocycles. The molecule has 0 bridgehead atoms. The first-order valence-corrected chi connectivity index (χ1v) is 7.70. The fraction of sp³-hybridized carbons (Fsp3) is 0.750. The zero-order valence-electron chi connectivity index (χ0n) is 12.7. The van der Waals surface area contributed by atoms with Crippen LogP contribution in [0.1, 0.15) is 34.1 Å². The second-order valence-corrected chi connectivity index (χ2v) is 5.25. The molecule has 116 valence electrons. The Morgan fingerprint density at radius 1 is 1.35 bits per heavy atom. The van der Waals surface area contributed by atoms with Crippen molar-refractivity contribution in [2.24, 2.45) is 5.16 Å². The van der Waals surface area contributed by atoms with Crippen LogP contribution in [0.3, 0.4) is 0 Å². The van der Waals surface area contributed by atoms with Gasteiger partial charge in [0, 0.05) is 17.4 Å². The van der Waals surface area contributed by atoms with Gasteiger partial charge in [-0.25, -0.2) is 0 Å². The van der Waals surface area contributed by atoms with Gasteiger partial charge in [0.05, 0.1) is 13.2 Å². The molecule has 0 fully saturated rings. The third-order valence-electron chi connectivity index (χ3n) is 2.44. The Hall–Kier alpha value is -1.04. The molecule has 8 heteroatoms. The lowest BCUT2D eigenvalue weighted by atomic mass is 10.1. The second-order valence-electron chi connectivity index (χ2n) is 3.76. The van der Waals surface area contributed by atoms with Gasteiger partial charge in [-0.3, -0.25) is 10.1 Å². The van der Waals surface area contributed by atoms with Gasteiger partial charge in [-0.2, -0.15) is 0 Å². The van der Waals surface area contributed by atoms with Crippen molar-refractivity contribution in [3.05, 3.63) is 21.8 Å². The van der Waals surface area contributed by atoms with Gasteiger partial charge >= 0.3 is 0 Å². The minimum absolute atomic E-state index is 0.330. The van der Waals surface area contributed by atoms with E-state index in [1.807, 2.05) is 20.8 Å². The second kappa shape index (κ2) is 10.7. The van der Waals surface area contributed by atoms with Crippen molar-refractivity contribution in [3.8, 4) is 0 Å². The molecule has 0 saturated heterocycles. The van der Waals surface area contributed by atoms with E-state index in [9.17, 15) is 10.1 Å². The van der Waals surface area contributed by atoms with Crippen molar-refractivity contribution < 1.29 is 18.8 Å². The van der Waals surface area contributed by atoms with Gasteiger partial charge in [0.2, 0.25) is 14.4 Å². The van der Waals surface area contributed by atoms with E-state index >= 15 is 0 Å². The van der Waals surface area contributed by atoms with Crippen LogP contribution < -0.4 is 0 Å². The molecule has 0 aliphatic carbocycles. The smallest absolute Gasteiger partial charge is 0.231 e. The molecule has 7 nitrogen and oxygen atoms in total. The molecule has 0 radical (unpaired) electrons. The molecule has 0 spiro atoms. The SMILES string of the molecule is CCOP(OCC)C(/C=C(\CC)C(C)[N+](=O)[O-])=N\OC. The molecule has 0 aliphatic rings. The van der Waals surface area contributed by atoms with Crippen LogP contribution in [0.15, 0.2) is 16.8 Å². The molecular formula is C12H23N2O5P. The van der Waals surface area contributed by atoms with Crippen LogP contribution >= 0.6 is 8.38 Å². The van der Waals surface area contributed by atoms with Gasteiger partial charge in [-0.1, -0.05) is 12.1 Å². The van der Waals surface area contributed by atoms with Gasteiger partial charge < -0.3 is 13.9 Å². The van der Waals surface area contributed by atoms with E-state index in [2.05, 4.69) is 5.16 Å². The molecule has 0 N–H and O–H groups in total. The van der Waals surface area contributed by atoms with E-state index in [4.69, 9.17) is 13.9 Å². The van der Waals surface area contributed by atoms with E-state index in [0.717, 1.165) is 0 Å². The number of nitrogens with zero attached hydrogens (tertiary/aromatic N) is 2. The Morgan fingerprint density at radius 3 is 2.25 bits per heavy atom. The summed E-state index contributed by atoms with van der Waals surface area (Å²) in [4.78, 5) is 15.4. The Kier molecular flexibility index (Phi) is 10.2. The first-order chi connectivity index (χ1) is 9.51. The lowest BCUT2D eigenvalue weighted by molar-refractivity contribution is -0.507. The van der Waals surface area contributed by atoms with Crippen LogP contribution in [0.5, 0.6) is 0 Å². The molecule has 0 aromatic heterocycles. The zero-order chi connectivity index (χ0) is 15.5. The summed E-state index contributed by atoms with van der Waals surface area (Å²) in [5, 5.41) is 14.8. The van der Waals surface area contributed by atoms with Gasteiger partial charge in [-0.05, 0) is 26.3 Å². The zero-order valence-corrected chi connectivity index (χ0v) is 13.6. The predicted molar refractivity (Wildman–Crippen MR) is 79.4 cm³/mol. The third kappa shape index (κ3) is 6.41. The fourth-order valence-electron chi connectivity index (χ4n) is 1.43. The summed E-state index contributed by atoms with van der Waals surface area (Å²) in [7, 11) is 0.0320. The minimum Gasteiger partial charge on any atom is -0.398 e. The Bertz CT molecular complexity index is 354. The molecule has 0 aromatic carbocycles. The lowest BCUT2D eigenvalue weighted by Crippen LogP contribution is -2.18. The average Bonchev–Trinajstić information content (AvgIpc) is 2.42. The maximum Gasteiger partial charge on any atom is 0.231 e. The first-order valence-electron chi connectivity index (χ1n) is 6.52. The van der Waals surface area contributed by atoms with Crippen LogP contribution in [0.4, 0.5) is 0 Å². The molecule has 20 heavy (non-hydrogen) atoms. The van der Waals surface area contributed by atoms with Crippen molar-refractivity contribution in [2.75, 3.05) is 20.3 Å². The number of hydrogen-bond donors (Lipinski definition) is 0. The molecule has 0 heterocycles. The largest absolute Gasteiger partial charge is 0.398 e. The predicted octanol–water partition coefficient (Wildman–Crippen LogP) is 3.33. The number of oxime groups is 1. The van der Waals surface area contributed by atoms with E-state index in [0.29, 0.717) is 30.7 Å². The van der Waals surface area contributed by atoms with Crippen LogP contribution in [0, 0.1) is 10.1 Å². The van der Waals surface area contributed by atoms with Crippen molar-refractivity contribution >= 4 is 13.8 Å². The highest BCUT2D eigenvalue weighted by molar-refractivity contribution is 7.67. The molecule has 0 amide bonds. The maximum atomic E-state index is 10.9. The van der Waals surface area contributed by atoms with Crippen molar-refractivity contribution in [2.45, 2.75) is 40.2 Å². The van der Waals surface area contributed by atoms with Crippen molar-refractivity contribution in [1.29, 1.82) is 0 Å². The van der Waals surface area contributed by atoms with Gasteiger partial charge in [-0.15, -0.1) is 0 Å². The summed E-state index contributed by atoms with van der Waals surface area (Å²) in [6.45, 7) is 8.04. The van der Waals surface area contributed by atoms with Crippen LogP contribution in [-0.2, 0) is 13.9 Å². The van der Waals surface area contributed by atoms with E-state index in [1.54, 1.807) is 13.0 Å². The van der Waals surface area contributed by atoms with Gasteiger partial charge in [0.1, 0.15) is 7.11 Å². The molecule has 0 rings (SSSR count). The normalized spacial score (nSPS) is 14.5. The summed E-state index contributed by atoms with van der Waals surface area (Å²) in [6, 6.07) is -0.776. The topological polar surface area (TPSA) is 83.2 Å². The van der Waals surface area contributed by atoms with Gasteiger partial charge in [0.25, 0.3) is 0 Å². The van der Waals surface area contributed by atoms with Gasteiger partial charge in [0.15, 0.2) is 5.45 Å². The maximum absolute atomic E-state index is 10.9. The molecular weight excluding hydrogens is 283 g/mol. The molecule has 0 aromatic rings. The Labute approximate surface area is 121 Å². The summed E-state index contributed by atoms with van der Waals surface area (Å²) in [5.74, 6) is 0. The Balaban J connectivity index is 5.33. The summed E-state index contributed by atoms with van der Waals surface area (Å²) < 4.78 is 11.0. The monoisotopic (exact) mass is 306 g/mol. The van der Waals surface area contributed by atoms with Crippen LogP contribution in [0.2, 0.25) is 0 Å². The third-order valence-corrected chi connectivity index (χ3v) is 4.01. The Morgan fingerprint density at radius 2 is 1.90 bits per heavy atom. The van der Waals surface area contributed by atoms with Crippen molar-refractivity contribution in [1.82, 2.24) is 0 Å².